The molecule has 0 amide bonds. The van der Waals surface area contributed by atoms with E-state index in [1.165, 1.54) is 6.08 Å². The van der Waals surface area contributed by atoms with Gasteiger partial charge in [-0.1, -0.05) is 5.20 Å². The van der Waals surface area contributed by atoms with Crippen LogP contribution < -0.4 is 0 Å². The standard InChI is InChI=1S/C5H10O2Si/c1-4(8)5(7)2-3-6/h2-3,5-7H,1H2,8H3. The summed E-state index contributed by atoms with van der Waals surface area (Å²) in [6.45, 7) is 3.52. The molecule has 0 aromatic rings. The van der Waals surface area contributed by atoms with Gasteiger partial charge >= 0.3 is 0 Å². The molecule has 0 aliphatic rings. The molecule has 0 rings (SSSR count). The number of aliphatic hydroxyl groups is 2. The second-order valence-corrected chi connectivity index (χ2v) is 2.92. The Morgan fingerprint density at radius 1 is 1.75 bits per heavy atom. The lowest BCUT2D eigenvalue weighted by Gasteiger charge is -2.00. The van der Waals surface area contributed by atoms with Crippen LogP contribution >= 0.6 is 0 Å². The number of aliphatic hydroxyl groups excluding tert-OH is 2. The second kappa shape index (κ2) is 3.46. The Morgan fingerprint density at radius 2 is 2.25 bits per heavy atom. The Balaban J connectivity index is 3.64. The van der Waals surface area contributed by atoms with Crippen molar-refractivity contribution < 1.29 is 10.2 Å². The van der Waals surface area contributed by atoms with E-state index in [4.69, 9.17) is 10.2 Å². The maximum absolute atomic E-state index is 8.81. The Bertz CT molecular complexity index is 109. The van der Waals surface area contributed by atoms with Crippen LogP contribution in [-0.2, 0) is 0 Å². The fourth-order valence-corrected chi connectivity index (χ4v) is 0.438. The molecule has 0 aliphatic carbocycles. The minimum Gasteiger partial charge on any atom is -0.516 e. The van der Waals surface area contributed by atoms with E-state index in [1.54, 1.807) is 0 Å². The molecule has 0 bridgehead atoms. The van der Waals surface area contributed by atoms with Gasteiger partial charge in [0.15, 0.2) is 0 Å². The highest BCUT2D eigenvalue weighted by Crippen LogP contribution is 1.93. The summed E-state index contributed by atoms with van der Waals surface area (Å²) in [6.07, 6.45) is 1.47. The van der Waals surface area contributed by atoms with Gasteiger partial charge in [-0.2, -0.15) is 0 Å². The molecule has 0 spiro atoms. The molecule has 0 saturated carbocycles. The minimum absolute atomic E-state index is 0.647. The molecular weight excluding hydrogens is 120 g/mol. The van der Waals surface area contributed by atoms with E-state index < -0.39 is 6.10 Å². The van der Waals surface area contributed by atoms with Crippen LogP contribution in [0.3, 0.4) is 0 Å². The summed E-state index contributed by atoms with van der Waals surface area (Å²) in [7, 11) is 0.760. The smallest absolute Gasteiger partial charge is 0.0916 e. The highest BCUT2D eigenvalue weighted by atomic mass is 28.1. The molecule has 1 unspecified atom stereocenters. The van der Waals surface area contributed by atoms with E-state index in [0.29, 0.717) is 0 Å². The zero-order valence-corrected chi connectivity index (χ0v) is 6.83. The van der Waals surface area contributed by atoms with Crippen molar-refractivity contribution in [3.63, 3.8) is 0 Å². The normalized spacial score (nSPS) is 14.6. The molecule has 46 valence electrons. The van der Waals surface area contributed by atoms with E-state index in [1.807, 2.05) is 0 Å². The molecule has 3 heteroatoms. The molecule has 0 radical (unpaired) electrons. The maximum Gasteiger partial charge on any atom is 0.0916 e. The quantitative estimate of drug-likeness (QED) is 0.383. The van der Waals surface area contributed by atoms with Gasteiger partial charge in [-0.15, -0.1) is 6.58 Å². The topological polar surface area (TPSA) is 40.5 Å². The van der Waals surface area contributed by atoms with E-state index in [2.05, 4.69) is 6.58 Å². The maximum atomic E-state index is 8.81. The highest BCUT2D eigenvalue weighted by Gasteiger charge is 1.95. The molecule has 2 nitrogen and oxygen atoms in total. The Labute approximate surface area is 51.6 Å². The first kappa shape index (κ1) is 7.46. The molecule has 0 aromatic heterocycles. The summed E-state index contributed by atoms with van der Waals surface area (Å²) in [5.41, 5.74) is 0. The lowest BCUT2D eigenvalue weighted by molar-refractivity contribution is 0.263. The van der Waals surface area contributed by atoms with Crippen LogP contribution in [0, 0.1) is 0 Å². The van der Waals surface area contributed by atoms with Crippen LogP contribution in [0.2, 0.25) is 0 Å². The van der Waals surface area contributed by atoms with Crippen molar-refractivity contribution in [2.75, 3.05) is 0 Å². The summed E-state index contributed by atoms with van der Waals surface area (Å²) in [5, 5.41) is 17.7. The SMILES string of the molecule is C=C([SiH3])C(O)C=CO. The van der Waals surface area contributed by atoms with Crippen LogP contribution in [0.5, 0.6) is 0 Å². The van der Waals surface area contributed by atoms with E-state index in [-0.39, 0.29) is 0 Å². The van der Waals surface area contributed by atoms with E-state index >= 15 is 0 Å². The van der Waals surface area contributed by atoms with E-state index in [0.717, 1.165) is 21.7 Å². The summed E-state index contributed by atoms with van der Waals surface area (Å²) >= 11 is 0. The van der Waals surface area contributed by atoms with Crippen LogP contribution in [0.1, 0.15) is 0 Å². The highest BCUT2D eigenvalue weighted by molar-refractivity contribution is 6.22. The monoisotopic (exact) mass is 130 g/mol. The zero-order valence-electron chi connectivity index (χ0n) is 4.83. The van der Waals surface area contributed by atoms with Gasteiger partial charge < -0.3 is 10.2 Å². The van der Waals surface area contributed by atoms with Crippen molar-refractivity contribution in [2.45, 2.75) is 6.10 Å². The van der Waals surface area contributed by atoms with Gasteiger partial charge in [0.2, 0.25) is 0 Å². The van der Waals surface area contributed by atoms with Crippen LogP contribution in [0.25, 0.3) is 0 Å². The average molecular weight is 130 g/mol. The Morgan fingerprint density at radius 3 is 2.38 bits per heavy atom. The van der Waals surface area contributed by atoms with Crippen molar-refractivity contribution >= 4 is 10.2 Å². The third-order valence-corrected chi connectivity index (χ3v) is 1.36. The van der Waals surface area contributed by atoms with Crippen molar-refractivity contribution in [1.29, 1.82) is 0 Å². The molecular formula is C5H10O2Si. The number of rotatable bonds is 2. The molecule has 1 atom stereocenters. The Kier molecular flexibility index (Phi) is 3.22. The lowest BCUT2D eigenvalue weighted by Crippen LogP contribution is -2.04. The minimum atomic E-state index is -0.647. The fraction of sp³-hybridized carbons (Fsp3) is 0.200. The van der Waals surface area contributed by atoms with Gasteiger partial charge in [0, 0.05) is 10.2 Å². The Hall–Kier alpha value is -0.543. The van der Waals surface area contributed by atoms with Gasteiger partial charge in [-0.3, -0.25) is 0 Å². The summed E-state index contributed by atoms with van der Waals surface area (Å²) in [5.74, 6) is 0. The first-order valence-corrected chi connectivity index (χ1v) is 3.33. The van der Waals surface area contributed by atoms with Crippen molar-refractivity contribution in [3.8, 4) is 0 Å². The first-order valence-electron chi connectivity index (χ1n) is 2.33. The first-order chi connectivity index (χ1) is 3.68. The van der Waals surface area contributed by atoms with E-state index in [9.17, 15) is 0 Å². The van der Waals surface area contributed by atoms with Gasteiger partial charge in [-0.05, 0) is 6.08 Å². The van der Waals surface area contributed by atoms with Gasteiger partial charge in [-0.25, -0.2) is 0 Å². The molecule has 2 N–H and O–H groups in total. The van der Waals surface area contributed by atoms with Crippen molar-refractivity contribution in [1.82, 2.24) is 0 Å². The number of hydrogen-bond acceptors (Lipinski definition) is 2. The summed E-state index contributed by atoms with van der Waals surface area (Å²) < 4.78 is 0. The van der Waals surface area contributed by atoms with Crippen molar-refractivity contribution in [3.05, 3.63) is 24.1 Å². The van der Waals surface area contributed by atoms with Crippen molar-refractivity contribution in [2.24, 2.45) is 0 Å². The molecule has 0 aromatic carbocycles. The lowest BCUT2D eigenvalue weighted by atomic mass is 10.3. The molecule has 0 saturated heterocycles. The molecule has 0 heterocycles. The zero-order chi connectivity index (χ0) is 6.57. The number of hydrogen-bond donors (Lipinski definition) is 2. The molecule has 8 heavy (non-hydrogen) atoms. The van der Waals surface area contributed by atoms with Crippen LogP contribution in [-0.4, -0.2) is 26.6 Å². The predicted octanol–water partition coefficient (Wildman–Crippen LogP) is -0.702. The third kappa shape index (κ3) is 2.60. The molecule has 0 aliphatic heterocycles. The second-order valence-electron chi connectivity index (χ2n) is 1.63. The third-order valence-electron chi connectivity index (χ3n) is 0.773. The van der Waals surface area contributed by atoms with Gasteiger partial charge in [0.1, 0.15) is 0 Å². The largest absolute Gasteiger partial charge is 0.516 e. The average Bonchev–Trinajstić information content (AvgIpc) is 1.67. The van der Waals surface area contributed by atoms with Crippen LogP contribution in [0.15, 0.2) is 24.1 Å². The summed E-state index contributed by atoms with van der Waals surface area (Å²) in [4.78, 5) is 0. The van der Waals surface area contributed by atoms with Gasteiger partial charge in [0.25, 0.3) is 0 Å². The molecule has 0 fully saturated rings. The predicted molar refractivity (Wildman–Crippen MR) is 36.9 cm³/mol. The van der Waals surface area contributed by atoms with Crippen LogP contribution in [0.4, 0.5) is 0 Å². The fourth-order valence-electron chi connectivity index (χ4n) is 0.246. The van der Waals surface area contributed by atoms with Gasteiger partial charge in [0.05, 0.1) is 12.4 Å². The summed E-state index contributed by atoms with van der Waals surface area (Å²) in [6, 6.07) is 0.